The van der Waals surface area contributed by atoms with Crippen molar-refractivity contribution in [2.75, 3.05) is 5.33 Å². The van der Waals surface area contributed by atoms with Crippen LogP contribution >= 0.6 is 15.9 Å². The minimum absolute atomic E-state index is 1.01. The molecule has 0 atom stereocenters. The lowest BCUT2D eigenvalue weighted by molar-refractivity contribution is 0.527. The van der Waals surface area contributed by atoms with E-state index in [1.165, 1.54) is 31.1 Å². The Bertz CT molecular complexity index is 400. The van der Waals surface area contributed by atoms with Gasteiger partial charge in [0.25, 0.3) is 0 Å². The predicted octanol–water partition coefficient (Wildman–Crippen LogP) is 4.93. The topological polar surface area (TPSA) is 13.1 Å². The minimum Gasteiger partial charge on any atom is -0.461 e. The van der Waals surface area contributed by atoms with Crippen LogP contribution in [0.4, 0.5) is 0 Å². The van der Waals surface area contributed by atoms with Gasteiger partial charge in [0.1, 0.15) is 11.3 Å². The van der Waals surface area contributed by atoms with Crippen LogP contribution in [0.15, 0.2) is 34.7 Å². The van der Waals surface area contributed by atoms with Gasteiger partial charge in [-0.25, -0.2) is 0 Å². The third kappa shape index (κ3) is 3.11. The lowest BCUT2D eigenvalue weighted by Gasteiger charge is -1.97. The molecule has 1 aromatic carbocycles. The molecule has 2 heteroatoms. The van der Waals surface area contributed by atoms with Gasteiger partial charge < -0.3 is 4.42 Å². The molecule has 0 saturated carbocycles. The molecule has 1 aromatic heterocycles. The third-order valence-electron chi connectivity index (χ3n) is 2.78. The summed E-state index contributed by atoms with van der Waals surface area (Å²) in [7, 11) is 0. The molecule has 0 spiro atoms. The van der Waals surface area contributed by atoms with E-state index in [0.29, 0.717) is 0 Å². The number of alkyl halides is 1. The number of hydrogen-bond donors (Lipinski definition) is 0. The molecule has 0 bridgehead atoms. The number of rotatable bonds is 6. The van der Waals surface area contributed by atoms with Crippen molar-refractivity contribution in [3.63, 3.8) is 0 Å². The molecule has 2 rings (SSSR count). The Balaban J connectivity index is 1.85. The Labute approximate surface area is 105 Å². The zero-order valence-corrected chi connectivity index (χ0v) is 11.0. The van der Waals surface area contributed by atoms with Crippen LogP contribution in [0.3, 0.4) is 0 Å². The lowest BCUT2D eigenvalue weighted by Crippen LogP contribution is -1.83. The number of halogens is 1. The highest BCUT2D eigenvalue weighted by atomic mass is 79.9. The monoisotopic (exact) mass is 280 g/mol. The fourth-order valence-electron chi connectivity index (χ4n) is 1.91. The van der Waals surface area contributed by atoms with Gasteiger partial charge in [0.15, 0.2) is 0 Å². The molecule has 0 N–H and O–H groups in total. The quantitative estimate of drug-likeness (QED) is 0.540. The second kappa shape index (κ2) is 6.09. The molecule has 1 nitrogen and oxygen atoms in total. The molecule has 0 saturated heterocycles. The summed E-state index contributed by atoms with van der Waals surface area (Å²) in [5.74, 6) is 1.13. The summed E-state index contributed by atoms with van der Waals surface area (Å²) in [5.41, 5.74) is 1.01. The average Bonchev–Trinajstić information content (AvgIpc) is 2.71. The first kappa shape index (κ1) is 11.7. The number of aryl methyl sites for hydroxylation is 1. The van der Waals surface area contributed by atoms with Gasteiger partial charge in [-0.3, -0.25) is 0 Å². The van der Waals surface area contributed by atoms with Crippen molar-refractivity contribution in [1.82, 2.24) is 0 Å². The Morgan fingerprint density at radius 2 is 1.81 bits per heavy atom. The molecular weight excluding hydrogens is 264 g/mol. The first-order valence-corrected chi connectivity index (χ1v) is 7.06. The predicted molar refractivity (Wildman–Crippen MR) is 72.2 cm³/mol. The first-order chi connectivity index (χ1) is 7.90. The van der Waals surface area contributed by atoms with Crippen LogP contribution in [-0.4, -0.2) is 5.33 Å². The molecular formula is C14H17BrO. The number of furan rings is 1. The van der Waals surface area contributed by atoms with Gasteiger partial charge in [-0.05, 0) is 25.0 Å². The first-order valence-electron chi connectivity index (χ1n) is 5.93. The standard InChI is InChI=1S/C14H17BrO/c15-10-6-2-1-3-8-13-11-12-7-4-5-9-14(12)16-13/h4-5,7,9,11H,1-3,6,8,10H2. The van der Waals surface area contributed by atoms with Crippen molar-refractivity contribution in [2.45, 2.75) is 32.1 Å². The molecule has 0 unspecified atom stereocenters. The maximum absolute atomic E-state index is 5.77. The Morgan fingerprint density at radius 1 is 1.00 bits per heavy atom. The number of para-hydroxylation sites is 1. The van der Waals surface area contributed by atoms with Crippen molar-refractivity contribution in [1.29, 1.82) is 0 Å². The number of benzene rings is 1. The van der Waals surface area contributed by atoms with Crippen LogP contribution in [0.2, 0.25) is 0 Å². The summed E-state index contributed by atoms with van der Waals surface area (Å²) in [4.78, 5) is 0. The van der Waals surface area contributed by atoms with E-state index in [1.807, 2.05) is 12.1 Å². The summed E-state index contributed by atoms with van der Waals surface area (Å²) in [6.07, 6.45) is 6.18. The van der Waals surface area contributed by atoms with Crippen LogP contribution in [0, 0.1) is 0 Å². The molecule has 0 aliphatic rings. The van der Waals surface area contributed by atoms with Gasteiger partial charge in [0.2, 0.25) is 0 Å². The lowest BCUT2D eigenvalue weighted by atomic mass is 10.1. The Kier molecular flexibility index (Phi) is 4.46. The van der Waals surface area contributed by atoms with E-state index < -0.39 is 0 Å². The average molecular weight is 281 g/mol. The van der Waals surface area contributed by atoms with Gasteiger partial charge in [-0.2, -0.15) is 0 Å². The second-order valence-electron chi connectivity index (χ2n) is 4.10. The number of fused-ring (bicyclic) bond motifs is 1. The van der Waals surface area contributed by atoms with Gasteiger partial charge in [-0.15, -0.1) is 0 Å². The molecule has 0 fully saturated rings. The van der Waals surface area contributed by atoms with Crippen LogP contribution in [-0.2, 0) is 6.42 Å². The van der Waals surface area contributed by atoms with Gasteiger partial charge in [0.05, 0.1) is 0 Å². The fraction of sp³-hybridized carbons (Fsp3) is 0.429. The number of unbranched alkanes of at least 4 members (excludes halogenated alkanes) is 3. The van der Waals surface area contributed by atoms with Crippen LogP contribution in [0.5, 0.6) is 0 Å². The van der Waals surface area contributed by atoms with Crippen LogP contribution < -0.4 is 0 Å². The smallest absolute Gasteiger partial charge is 0.134 e. The highest BCUT2D eigenvalue weighted by molar-refractivity contribution is 9.09. The normalized spacial score (nSPS) is 11.1. The van der Waals surface area contributed by atoms with Crippen molar-refractivity contribution in [3.05, 3.63) is 36.1 Å². The van der Waals surface area contributed by atoms with E-state index in [0.717, 1.165) is 23.1 Å². The van der Waals surface area contributed by atoms with E-state index in [1.54, 1.807) is 0 Å². The zero-order valence-electron chi connectivity index (χ0n) is 9.42. The van der Waals surface area contributed by atoms with Crippen LogP contribution in [0.25, 0.3) is 11.0 Å². The van der Waals surface area contributed by atoms with E-state index in [4.69, 9.17) is 4.42 Å². The van der Waals surface area contributed by atoms with Crippen molar-refractivity contribution in [3.8, 4) is 0 Å². The molecule has 0 radical (unpaired) electrons. The summed E-state index contributed by atoms with van der Waals surface area (Å²) < 4.78 is 5.77. The van der Waals surface area contributed by atoms with E-state index in [9.17, 15) is 0 Å². The van der Waals surface area contributed by atoms with Crippen molar-refractivity contribution < 1.29 is 4.42 Å². The Morgan fingerprint density at radius 3 is 2.62 bits per heavy atom. The maximum Gasteiger partial charge on any atom is 0.134 e. The van der Waals surface area contributed by atoms with Gasteiger partial charge in [0, 0.05) is 17.1 Å². The molecule has 0 aliphatic carbocycles. The second-order valence-corrected chi connectivity index (χ2v) is 4.90. The minimum atomic E-state index is 1.01. The Hall–Kier alpha value is -0.760. The molecule has 0 aliphatic heterocycles. The largest absolute Gasteiger partial charge is 0.461 e. The highest BCUT2D eigenvalue weighted by Gasteiger charge is 2.02. The summed E-state index contributed by atoms with van der Waals surface area (Å²) in [6, 6.07) is 10.4. The van der Waals surface area contributed by atoms with Crippen molar-refractivity contribution >= 4 is 26.9 Å². The van der Waals surface area contributed by atoms with E-state index >= 15 is 0 Å². The van der Waals surface area contributed by atoms with Crippen molar-refractivity contribution in [2.24, 2.45) is 0 Å². The van der Waals surface area contributed by atoms with Crippen LogP contribution in [0.1, 0.15) is 31.4 Å². The molecule has 2 aromatic rings. The molecule has 86 valence electrons. The zero-order chi connectivity index (χ0) is 11.2. The summed E-state index contributed by atoms with van der Waals surface area (Å²) in [6.45, 7) is 0. The van der Waals surface area contributed by atoms with E-state index in [2.05, 4.69) is 34.1 Å². The summed E-state index contributed by atoms with van der Waals surface area (Å²) in [5, 5.41) is 2.34. The summed E-state index contributed by atoms with van der Waals surface area (Å²) >= 11 is 3.45. The SMILES string of the molecule is BrCCCCCCc1cc2ccccc2o1. The maximum atomic E-state index is 5.77. The van der Waals surface area contributed by atoms with Gasteiger partial charge in [-0.1, -0.05) is 47.0 Å². The molecule has 0 amide bonds. The van der Waals surface area contributed by atoms with E-state index in [-0.39, 0.29) is 0 Å². The molecule has 1 heterocycles. The third-order valence-corrected chi connectivity index (χ3v) is 3.34. The fourth-order valence-corrected chi connectivity index (χ4v) is 2.30. The molecule has 16 heavy (non-hydrogen) atoms. The number of hydrogen-bond acceptors (Lipinski definition) is 1. The highest BCUT2D eigenvalue weighted by Crippen LogP contribution is 2.20. The van der Waals surface area contributed by atoms with Gasteiger partial charge >= 0.3 is 0 Å².